The Morgan fingerprint density at radius 1 is 0.469 bits per heavy atom. The van der Waals surface area contributed by atoms with Gasteiger partial charge in [0.2, 0.25) is 0 Å². The number of hydrogen-bond acceptors (Lipinski definition) is 2. The van der Waals surface area contributed by atoms with Crippen LogP contribution in [0.5, 0.6) is 0 Å². The van der Waals surface area contributed by atoms with Crippen molar-refractivity contribution < 1.29 is 0 Å². The van der Waals surface area contributed by atoms with Gasteiger partial charge in [-0.15, -0.1) is 0 Å². The van der Waals surface area contributed by atoms with Crippen molar-refractivity contribution in [2.45, 2.75) is 162 Å². The minimum Gasteiger partial charge on any atom is -0.356 e. The van der Waals surface area contributed by atoms with Crippen molar-refractivity contribution in [3.8, 4) is 0 Å². The Hall–Kier alpha value is -0.660. The van der Waals surface area contributed by atoms with Gasteiger partial charge in [0.25, 0.3) is 0 Å². The van der Waals surface area contributed by atoms with Crippen LogP contribution < -0.4 is 0 Å². The van der Waals surface area contributed by atoms with Crippen LogP contribution in [-0.4, -0.2) is 29.1 Å². The average molecular weight is 449 g/mol. The molecule has 0 aromatic rings. The quantitative estimate of drug-likeness (QED) is 0.143. The Balaban J connectivity index is 2.05. The first-order valence-corrected chi connectivity index (χ1v) is 14.9. The maximum Gasteiger partial charge on any atom is 0.103 e. The van der Waals surface area contributed by atoms with E-state index in [2.05, 4.69) is 49.9 Å². The molecular weight excluding hydrogens is 388 g/mol. The maximum atomic E-state index is 2.63. The highest BCUT2D eigenvalue weighted by molar-refractivity contribution is 4.98. The van der Waals surface area contributed by atoms with Gasteiger partial charge in [-0.1, -0.05) is 143 Å². The molecule has 1 aliphatic heterocycles. The van der Waals surface area contributed by atoms with E-state index in [1.807, 2.05) is 0 Å². The minimum absolute atomic E-state index is 0.590. The van der Waals surface area contributed by atoms with E-state index in [0.29, 0.717) is 12.1 Å². The van der Waals surface area contributed by atoms with Crippen molar-refractivity contribution in [1.29, 1.82) is 0 Å². The summed E-state index contributed by atoms with van der Waals surface area (Å²) >= 11 is 0. The second-order valence-electron chi connectivity index (χ2n) is 10.8. The van der Waals surface area contributed by atoms with Crippen LogP contribution in [0.15, 0.2) is 12.4 Å². The molecule has 0 atom stereocenters. The van der Waals surface area contributed by atoms with Crippen LogP contribution in [0.25, 0.3) is 0 Å². The molecule has 0 aromatic carbocycles. The molecule has 190 valence electrons. The Morgan fingerprint density at radius 3 is 1.03 bits per heavy atom. The van der Waals surface area contributed by atoms with Crippen LogP contribution >= 0.6 is 0 Å². The van der Waals surface area contributed by atoms with Crippen LogP contribution in [0.2, 0.25) is 0 Å². The molecule has 0 radical (unpaired) electrons. The Labute approximate surface area is 203 Å². The number of rotatable bonds is 23. The molecule has 2 heteroatoms. The van der Waals surface area contributed by atoms with Crippen LogP contribution in [-0.2, 0) is 0 Å². The lowest BCUT2D eigenvalue weighted by atomic mass is 10.1. The smallest absolute Gasteiger partial charge is 0.103 e. The summed E-state index contributed by atoms with van der Waals surface area (Å²) in [6, 6.07) is 0. The van der Waals surface area contributed by atoms with Crippen molar-refractivity contribution in [1.82, 2.24) is 9.80 Å². The van der Waals surface area contributed by atoms with E-state index in [1.54, 1.807) is 0 Å². The van der Waals surface area contributed by atoms with Crippen molar-refractivity contribution in [2.24, 2.45) is 5.92 Å². The zero-order valence-corrected chi connectivity index (χ0v) is 22.8. The number of hydrogen-bond donors (Lipinski definition) is 0. The maximum absolute atomic E-state index is 2.63. The highest BCUT2D eigenvalue weighted by Crippen LogP contribution is 2.24. The topological polar surface area (TPSA) is 6.48 Å². The van der Waals surface area contributed by atoms with E-state index in [4.69, 9.17) is 0 Å². The fourth-order valence-corrected chi connectivity index (χ4v) is 5.28. The van der Waals surface area contributed by atoms with Crippen LogP contribution in [0.4, 0.5) is 0 Å². The molecule has 0 N–H and O–H groups in total. The first-order chi connectivity index (χ1) is 15.7. The van der Waals surface area contributed by atoms with E-state index in [9.17, 15) is 0 Å². The van der Waals surface area contributed by atoms with Gasteiger partial charge in [0.15, 0.2) is 0 Å². The average Bonchev–Trinajstić information content (AvgIpc) is 3.19. The van der Waals surface area contributed by atoms with Gasteiger partial charge in [0.05, 0.1) is 0 Å². The molecule has 32 heavy (non-hydrogen) atoms. The van der Waals surface area contributed by atoms with E-state index in [0.717, 1.165) is 0 Å². The molecule has 0 aromatic heterocycles. The van der Waals surface area contributed by atoms with Gasteiger partial charge in [-0.2, -0.15) is 0 Å². The third kappa shape index (κ3) is 14.5. The molecule has 1 aliphatic rings. The van der Waals surface area contributed by atoms with Gasteiger partial charge in [0, 0.05) is 25.5 Å². The zero-order valence-electron chi connectivity index (χ0n) is 22.8. The lowest BCUT2D eigenvalue weighted by Gasteiger charge is -2.36. The first kappa shape index (κ1) is 29.4. The molecular formula is C30H60N2. The molecule has 0 aliphatic carbocycles. The normalized spacial score (nSPS) is 14.4. The SMILES string of the molecule is CCCCCCCCCCCCN1C=CN(CCCCCCCCCCCC)C1C(C)C. The van der Waals surface area contributed by atoms with Crippen molar-refractivity contribution >= 4 is 0 Å². The zero-order chi connectivity index (χ0) is 23.3. The molecule has 0 bridgehead atoms. The van der Waals surface area contributed by atoms with Gasteiger partial charge in [-0.25, -0.2) is 0 Å². The van der Waals surface area contributed by atoms with E-state index < -0.39 is 0 Å². The van der Waals surface area contributed by atoms with Gasteiger partial charge in [0.1, 0.15) is 6.17 Å². The third-order valence-electron chi connectivity index (χ3n) is 7.27. The molecule has 0 saturated carbocycles. The summed E-state index contributed by atoms with van der Waals surface area (Å²) in [5.41, 5.74) is 0. The largest absolute Gasteiger partial charge is 0.356 e. The van der Waals surface area contributed by atoms with Crippen LogP contribution in [0.1, 0.15) is 156 Å². The van der Waals surface area contributed by atoms with E-state index in [1.165, 1.54) is 142 Å². The Kier molecular flexibility index (Phi) is 19.2. The molecule has 0 fully saturated rings. The summed E-state index contributed by atoms with van der Waals surface area (Å²) < 4.78 is 0. The standard InChI is InChI=1S/C30H60N2/c1-5-7-9-11-13-15-17-19-21-23-25-31-27-28-32(30(31)29(3)4)26-24-22-20-18-16-14-12-10-8-6-2/h27-30H,5-26H2,1-4H3. The van der Waals surface area contributed by atoms with Gasteiger partial charge < -0.3 is 9.80 Å². The lowest BCUT2D eigenvalue weighted by molar-refractivity contribution is 0.104. The molecule has 1 rings (SSSR count). The second kappa shape index (κ2) is 20.9. The lowest BCUT2D eigenvalue weighted by Crippen LogP contribution is -2.43. The molecule has 0 spiro atoms. The molecule has 0 amide bonds. The van der Waals surface area contributed by atoms with Crippen LogP contribution in [0.3, 0.4) is 0 Å². The number of unbranched alkanes of at least 4 members (excludes halogenated alkanes) is 18. The predicted octanol–water partition coefficient (Wildman–Crippen LogP) is 9.90. The fourth-order valence-electron chi connectivity index (χ4n) is 5.28. The van der Waals surface area contributed by atoms with Crippen molar-refractivity contribution in [3.05, 3.63) is 12.4 Å². The Morgan fingerprint density at radius 2 is 0.750 bits per heavy atom. The monoisotopic (exact) mass is 448 g/mol. The van der Waals surface area contributed by atoms with Crippen LogP contribution in [0, 0.1) is 5.92 Å². The van der Waals surface area contributed by atoms with Crippen molar-refractivity contribution in [3.63, 3.8) is 0 Å². The van der Waals surface area contributed by atoms with Gasteiger partial charge in [-0.3, -0.25) is 0 Å². The summed E-state index contributed by atoms with van der Waals surface area (Å²) in [5, 5.41) is 0. The summed E-state index contributed by atoms with van der Waals surface area (Å²) in [6.07, 6.45) is 33.8. The van der Waals surface area contributed by atoms with Crippen molar-refractivity contribution in [2.75, 3.05) is 13.1 Å². The summed E-state index contributed by atoms with van der Waals surface area (Å²) in [6.45, 7) is 11.9. The van der Waals surface area contributed by atoms with E-state index >= 15 is 0 Å². The first-order valence-electron chi connectivity index (χ1n) is 14.9. The van der Waals surface area contributed by atoms with E-state index in [-0.39, 0.29) is 0 Å². The summed E-state index contributed by atoms with van der Waals surface area (Å²) in [4.78, 5) is 5.26. The molecule has 0 unspecified atom stereocenters. The summed E-state index contributed by atoms with van der Waals surface area (Å²) in [5.74, 6) is 0.691. The number of nitrogens with zero attached hydrogens (tertiary/aromatic N) is 2. The molecule has 2 nitrogen and oxygen atoms in total. The molecule has 0 saturated heterocycles. The highest BCUT2D eigenvalue weighted by atomic mass is 15.4. The second-order valence-corrected chi connectivity index (χ2v) is 10.8. The van der Waals surface area contributed by atoms with Gasteiger partial charge >= 0.3 is 0 Å². The minimum atomic E-state index is 0.590. The Bertz CT molecular complexity index is 383. The van der Waals surface area contributed by atoms with Gasteiger partial charge in [-0.05, 0) is 18.8 Å². The molecule has 1 heterocycles. The summed E-state index contributed by atoms with van der Waals surface area (Å²) in [7, 11) is 0. The predicted molar refractivity (Wildman–Crippen MR) is 145 cm³/mol. The fraction of sp³-hybridized carbons (Fsp3) is 0.933. The highest BCUT2D eigenvalue weighted by Gasteiger charge is 2.28. The third-order valence-corrected chi connectivity index (χ3v) is 7.27.